The Bertz CT molecular complexity index is 331. The van der Waals surface area contributed by atoms with Crippen molar-refractivity contribution in [3.05, 3.63) is 34.3 Å². The van der Waals surface area contributed by atoms with E-state index in [2.05, 4.69) is 54.0 Å². The summed E-state index contributed by atoms with van der Waals surface area (Å²) < 4.78 is 1.13. The first-order valence-electron chi connectivity index (χ1n) is 5.08. The van der Waals surface area contributed by atoms with E-state index in [1.807, 2.05) is 0 Å². The zero-order valence-electron chi connectivity index (χ0n) is 8.63. The van der Waals surface area contributed by atoms with E-state index in [-0.39, 0.29) is 5.54 Å². The molecule has 1 aliphatic carbocycles. The largest absolute Gasteiger partial charge is 0.324 e. The molecule has 2 heteroatoms. The second kappa shape index (κ2) is 3.35. The fourth-order valence-corrected chi connectivity index (χ4v) is 2.32. The molecule has 1 fully saturated rings. The molecule has 2 N–H and O–H groups in total. The van der Waals surface area contributed by atoms with Crippen LogP contribution in [0.15, 0.2) is 28.7 Å². The van der Waals surface area contributed by atoms with Crippen LogP contribution >= 0.6 is 15.9 Å². The van der Waals surface area contributed by atoms with Crippen LogP contribution in [0.5, 0.6) is 0 Å². The maximum atomic E-state index is 6.29. The van der Waals surface area contributed by atoms with Crippen molar-refractivity contribution in [3.8, 4) is 0 Å². The maximum absolute atomic E-state index is 6.29. The Kier molecular flexibility index (Phi) is 2.44. The van der Waals surface area contributed by atoms with Crippen molar-refractivity contribution in [2.24, 2.45) is 11.7 Å². The summed E-state index contributed by atoms with van der Waals surface area (Å²) in [5.41, 5.74) is 7.72. The molecule has 0 aliphatic heterocycles. The minimum atomic E-state index is 0.0494. The number of hydrogen-bond donors (Lipinski definition) is 1. The quantitative estimate of drug-likeness (QED) is 0.861. The van der Waals surface area contributed by atoms with Crippen molar-refractivity contribution in [1.82, 2.24) is 0 Å². The number of halogens is 1. The van der Waals surface area contributed by atoms with Crippen molar-refractivity contribution in [2.45, 2.75) is 31.7 Å². The number of rotatable bonds is 2. The first kappa shape index (κ1) is 10.2. The molecule has 1 aliphatic rings. The van der Waals surface area contributed by atoms with E-state index >= 15 is 0 Å². The third-order valence-corrected chi connectivity index (χ3v) is 3.92. The first-order chi connectivity index (χ1) is 6.54. The minimum absolute atomic E-state index is 0.0494. The van der Waals surface area contributed by atoms with E-state index in [0.29, 0.717) is 11.8 Å². The summed E-state index contributed by atoms with van der Waals surface area (Å²) in [6.45, 7) is 4.41. The Morgan fingerprint density at radius 3 is 2.36 bits per heavy atom. The minimum Gasteiger partial charge on any atom is -0.324 e. The standard InChI is InChI=1S/C12H16BrN/c1-8(2)12(14)7-11(12)9-3-5-10(13)6-4-9/h3-6,8,11H,7,14H2,1-2H3. The van der Waals surface area contributed by atoms with Gasteiger partial charge in [-0.05, 0) is 30.0 Å². The van der Waals surface area contributed by atoms with E-state index in [4.69, 9.17) is 5.73 Å². The van der Waals surface area contributed by atoms with Crippen LogP contribution < -0.4 is 5.73 Å². The molecule has 1 aromatic rings. The molecule has 0 radical (unpaired) electrons. The molecular weight excluding hydrogens is 238 g/mol. The van der Waals surface area contributed by atoms with Gasteiger partial charge in [-0.1, -0.05) is 41.9 Å². The molecule has 14 heavy (non-hydrogen) atoms. The van der Waals surface area contributed by atoms with Crippen LogP contribution in [0.25, 0.3) is 0 Å². The smallest absolute Gasteiger partial charge is 0.0254 e. The van der Waals surface area contributed by atoms with Crippen LogP contribution in [-0.2, 0) is 0 Å². The van der Waals surface area contributed by atoms with E-state index < -0.39 is 0 Å². The van der Waals surface area contributed by atoms with E-state index in [9.17, 15) is 0 Å². The molecule has 0 aromatic heterocycles. The SMILES string of the molecule is CC(C)C1(N)CC1c1ccc(Br)cc1. The van der Waals surface area contributed by atoms with Crippen LogP contribution in [-0.4, -0.2) is 5.54 Å². The predicted molar refractivity (Wildman–Crippen MR) is 63.3 cm³/mol. The first-order valence-corrected chi connectivity index (χ1v) is 5.87. The molecule has 2 unspecified atom stereocenters. The highest BCUT2D eigenvalue weighted by Crippen LogP contribution is 2.53. The summed E-state index contributed by atoms with van der Waals surface area (Å²) in [4.78, 5) is 0. The van der Waals surface area contributed by atoms with Crippen molar-refractivity contribution in [1.29, 1.82) is 0 Å². The van der Waals surface area contributed by atoms with Gasteiger partial charge in [-0.15, -0.1) is 0 Å². The van der Waals surface area contributed by atoms with Crippen LogP contribution in [0.1, 0.15) is 31.7 Å². The van der Waals surface area contributed by atoms with Gasteiger partial charge < -0.3 is 5.73 Å². The van der Waals surface area contributed by atoms with Crippen molar-refractivity contribution in [3.63, 3.8) is 0 Å². The molecule has 1 nitrogen and oxygen atoms in total. The summed E-state index contributed by atoms with van der Waals surface area (Å²) in [5.74, 6) is 1.13. The normalized spacial score (nSPS) is 30.8. The van der Waals surface area contributed by atoms with Gasteiger partial charge in [-0.3, -0.25) is 0 Å². The summed E-state index contributed by atoms with van der Waals surface area (Å²) in [6, 6.07) is 8.53. The molecule has 2 atom stereocenters. The number of hydrogen-bond acceptors (Lipinski definition) is 1. The Balaban J connectivity index is 2.17. The lowest BCUT2D eigenvalue weighted by atomic mass is 9.97. The summed E-state index contributed by atoms with van der Waals surface area (Å²) in [7, 11) is 0. The molecule has 0 amide bonds. The summed E-state index contributed by atoms with van der Waals surface area (Å²) in [6.07, 6.45) is 1.13. The summed E-state index contributed by atoms with van der Waals surface area (Å²) in [5, 5.41) is 0. The third kappa shape index (κ3) is 1.61. The van der Waals surface area contributed by atoms with Gasteiger partial charge in [0.05, 0.1) is 0 Å². The molecule has 0 heterocycles. The molecule has 0 spiro atoms. The molecular formula is C12H16BrN. The van der Waals surface area contributed by atoms with Crippen LogP contribution in [0.4, 0.5) is 0 Å². The molecule has 2 rings (SSSR count). The Labute approximate surface area is 93.8 Å². The molecule has 1 saturated carbocycles. The average Bonchev–Trinajstić information content (AvgIpc) is 2.81. The Morgan fingerprint density at radius 2 is 1.93 bits per heavy atom. The topological polar surface area (TPSA) is 26.0 Å². The van der Waals surface area contributed by atoms with Crippen molar-refractivity contribution < 1.29 is 0 Å². The second-order valence-corrected chi connectivity index (χ2v) is 5.49. The zero-order valence-corrected chi connectivity index (χ0v) is 10.2. The maximum Gasteiger partial charge on any atom is 0.0254 e. The molecule has 76 valence electrons. The van der Waals surface area contributed by atoms with Crippen molar-refractivity contribution in [2.75, 3.05) is 0 Å². The third-order valence-electron chi connectivity index (χ3n) is 3.39. The molecule has 0 saturated heterocycles. The highest BCUT2D eigenvalue weighted by molar-refractivity contribution is 9.10. The van der Waals surface area contributed by atoms with Crippen LogP contribution in [0, 0.1) is 5.92 Å². The van der Waals surface area contributed by atoms with Gasteiger partial charge in [0.1, 0.15) is 0 Å². The summed E-state index contributed by atoms with van der Waals surface area (Å²) >= 11 is 3.44. The van der Waals surface area contributed by atoms with Gasteiger partial charge in [0.15, 0.2) is 0 Å². The lowest BCUT2D eigenvalue weighted by Crippen LogP contribution is -2.30. The fraction of sp³-hybridized carbons (Fsp3) is 0.500. The van der Waals surface area contributed by atoms with Crippen molar-refractivity contribution >= 4 is 15.9 Å². The van der Waals surface area contributed by atoms with Crippen LogP contribution in [0.3, 0.4) is 0 Å². The Morgan fingerprint density at radius 1 is 1.36 bits per heavy atom. The van der Waals surface area contributed by atoms with Gasteiger partial charge in [0.25, 0.3) is 0 Å². The van der Waals surface area contributed by atoms with Gasteiger partial charge in [-0.25, -0.2) is 0 Å². The molecule has 1 aromatic carbocycles. The van der Waals surface area contributed by atoms with E-state index in [1.165, 1.54) is 5.56 Å². The van der Waals surface area contributed by atoms with Gasteiger partial charge >= 0.3 is 0 Å². The van der Waals surface area contributed by atoms with E-state index in [0.717, 1.165) is 10.9 Å². The zero-order chi connectivity index (χ0) is 10.3. The van der Waals surface area contributed by atoms with Crippen LogP contribution in [0.2, 0.25) is 0 Å². The lowest BCUT2D eigenvalue weighted by molar-refractivity contribution is 0.464. The highest BCUT2D eigenvalue weighted by atomic mass is 79.9. The lowest BCUT2D eigenvalue weighted by Gasteiger charge is -2.15. The average molecular weight is 254 g/mol. The van der Waals surface area contributed by atoms with Gasteiger partial charge in [0, 0.05) is 15.9 Å². The monoisotopic (exact) mass is 253 g/mol. The fourth-order valence-electron chi connectivity index (χ4n) is 2.06. The highest BCUT2D eigenvalue weighted by Gasteiger charge is 2.53. The van der Waals surface area contributed by atoms with Gasteiger partial charge in [-0.2, -0.15) is 0 Å². The number of nitrogens with two attached hydrogens (primary N) is 1. The van der Waals surface area contributed by atoms with E-state index in [1.54, 1.807) is 0 Å². The molecule has 0 bridgehead atoms. The predicted octanol–water partition coefficient (Wildman–Crippen LogP) is 3.29. The Hall–Kier alpha value is -0.340. The van der Waals surface area contributed by atoms with Gasteiger partial charge in [0.2, 0.25) is 0 Å². The number of benzene rings is 1. The second-order valence-electron chi connectivity index (χ2n) is 4.58.